The summed E-state index contributed by atoms with van der Waals surface area (Å²) in [5.41, 5.74) is 6.74. The van der Waals surface area contributed by atoms with Crippen molar-refractivity contribution in [1.29, 1.82) is 0 Å². The van der Waals surface area contributed by atoms with Crippen LogP contribution in [-0.4, -0.2) is 67.3 Å². The SMILES string of the molecule is COc1c(N)cccc1C(=O)N1CC(O)CC1CN(C)C. The molecule has 21 heavy (non-hydrogen) atoms. The predicted octanol–water partition coefficient (Wildman–Crippen LogP) is 0.414. The van der Waals surface area contributed by atoms with Crippen LogP contribution in [0.5, 0.6) is 5.75 Å². The molecule has 2 unspecified atom stereocenters. The van der Waals surface area contributed by atoms with Gasteiger partial charge >= 0.3 is 0 Å². The highest BCUT2D eigenvalue weighted by atomic mass is 16.5. The lowest BCUT2D eigenvalue weighted by molar-refractivity contribution is 0.0696. The third-order valence-corrected chi connectivity index (χ3v) is 3.71. The zero-order valence-corrected chi connectivity index (χ0v) is 12.7. The minimum Gasteiger partial charge on any atom is -0.494 e. The summed E-state index contributed by atoms with van der Waals surface area (Å²) in [6, 6.07) is 5.13. The number of nitrogen functional groups attached to an aromatic ring is 1. The molecule has 1 heterocycles. The predicted molar refractivity (Wildman–Crippen MR) is 81.4 cm³/mol. The van der Waals surface area contributed by atoms with Crippen LogP contribution < -0.4 is 10.5 Å². The topological polar surface area (TPSA) is 79.0 Å². The summed E-state index contributed by atoms with van der Waals surface area (Å²) >= 11 is 0. The van der Waals surface area contributed by atoms with Gasteiger partial charge in [0, 0.05) is 19.1 Å². The number of nitrogens with zero attached hydrogens (tertiary/aromatic N) is 2. The van der Waals surface area contributed by atoms with E-state index in [1.165, 1.54) is 7.11 Å². The van der Waals surface area contributed by atoms with Crippen LogP contribution in [-0.2, 0) is 0 Å². The Morgan fingerprint density at radius 1 is 1.52 bits per heavy atom. The molecule has 0 aromatic heterocycles. The number of hydrogen-bond donors (Lipinski definition) is 2. The number of carbonyl (C=O) groups is 1. The number of anilines is 1. The zero-order valence-electron chi connectivity index (χ0n) is 12.7. The number of likely N-dealkylation sites (tertiary alicyclic amines) is 1. The Bertz CT molecular complexity index is 519. The minimum absolute atomic E-state index is 0.00589. The Balaban J connectivity index is 2.28. The molecule has 2 rings (SSSR count). The van der Waals surface area contributed by atoms with Gasteiger partial charge in [0.2, 0.25) is 0 Å². The molecular formula is C15H23N3O3. The zero-order chi connectivity index (χ0) is 15.6. The van der Waals surface area contributed by atoms with E-state index in [9.17, 15) is 9.90 Å². The van der Waals surface area contributed by atoms with E-state index in [1.807, 2.05) is 19.0 Å². The van der Waals surface area contributed by atoms with Crippen molar-refractivity contribution in [3.8, 4) is 5.75 Å². The van der Waals surface area contributed by atoms with Crippen LogP contribution in [0.25, 0.3) is 0 Å². The van der Waals surface area contributed by atoms with Crippen molar-refractivity contribution >= 4 is 11.6 Å². The van der Waals surface area contributed by atoms with E-state index in [2.05, 4.69) is 0 Å². The molecule has 0 saturated carbocycles. The highest BCUT2D eigenvalue weighted by Crippen LogP contribution is 2.29. The number of benzene rings is 1. The molecule has 1 amide bonds. The van der Waals surface area contributed by atoms with Crippen LogP contribution in [0, 0.1) is 0 Å². The van der Waals surface area contributed by atoms with Gasteiger partial charge in [-0.2, -0.15) is 0 Å². The first-order chi connectivity index (χ1) is 9.93. The number of hydrogen-bond acceptors (Lipinski definition) is 5. The summed E-state index contributed by atoms with van der Waals surface area (Å²) < 4.78 is 5.25. The molecule has 0 bridgehead atoms. The summed E-state index contributed by atoms with van der Waals surface area (Å²) in [6.45, 7) is 1.06. The van der Waals surface area contributed by atoms with Crippen molar-refractivity contribution in [3.63, 3.8) is 0 Å². The molecule has 1 aliphatic rings. The molecule has 6 nitrogen and oxygen atoms in total. The van der Waals surface area contributed by atoms with Gasteiger partial charge in [-0.1, -0.05) is 6.07 Å². The van der Waals surface area contributed by atoms with E-state index < -0.39 is 6.10 Å². The van der Waals surface area contributed by atoms with Gasteiger partial charge in [-0.3, -0.25) is 4.79 Å². The molecule has 1 aromatic carbocycles. The molecule has 6 heteroatoms. The smallest absolute Gasteiger partial charge is 0.258 e. The van der Waals surface area contributed by atoms with Crippen LogP contribution in [0.15, 0.2) is 18.2 Å². The van der Waals surface area contributed by atoms with Crippen molar-refractivity contribution in [3.05, 3.63) is 23.8 Å². The molecule has 3 N–H and O–H groups in total. The highest BCUT2D eigenvalue weighted by Gasteiger charge is 2.36. The average Bonchev–Trinajstić information content (AvgIpc) is 2.77. The van der Waals surface area contributed by atoms with E-state index in [1.54, 1.807) is 23.1 Å². The van der Waals surface area contributed by atoms with Gasteiger partial charge < -0.3 is 25.4 Å². The molecule has 1 aliphatic heterocycles. The van der Waals surface area contributed by atoms with Crippen molar-refractivity contribution in [1.82, 2.24) is 9.80 Å². The number of nitrogens with two attached hydrogens (primary N) is 1. The van der Waals surface area contributed by atoms with Gasteiger partial charge in [0.15, 0.2) is 5.75 Å². The Kier molecular flexibility index (Phi) is 4.69. The third kappa shape index (κ3) is 3.28. The Morgan fingerprint density at radius 2 is 2.24 bits per heavy atom. The molecular weight excluding hydrogens is 270 g/mol. The van der Waals surface area contributed by atoms with Gasteiger partial charge in [-0.25, -0.2) is 0 Å². The highest BCUT2D eigenvalue weighted by molar-refractivity contribution is 5.99. The van der Waals surface area contributed by atoms with E-state index in [-0.39, 0.29) is 11.9 Å². The maximum Gasteiger partial charge on any atom is 0.258 e. The number of aliphatic hydroxyl groups is 1. The lowest BCUT2D eigenvalue weighted by Crippen LogP contribution is -2.41. The van der Waals surface area contributed by atoms with Gasteiger partial charge in [0.1, 0.15) is 0 Å². The lowest BCUT2D eigenvalue weighted by atomic mass is 10.1. The van der Waals surface area contributed by atoms with Gasteiger partial charge in [-0.05, 0) is 32.6 Å². The van der Waals surface area contributed by atoms with Crippen LogP contribution in [0.1, 0.15) is 16.8 Å². The summed E-state index contributed by atoms with van der Waals surface area (Å²) in [4.78, 5) is 16.5. The normalized spacial score (nSPS) is 21.9. The van der Waals surface area contributed by atoms with Crippen LogP contribution >= 0.6 is 0 Å². The quantitative estimate of drug-likeness (QED) is 0.786. The van der Waals surface area contributed by atoms with Crippen molar-refractivity contribution < 1.29 is 14.6 Å². The summed E-state index contributed by atoms with van der Waals surface area (Å²) in [5, 5.41) is 9.89. The fraction of sp³-hybridized carbons (Fsp3) is 0.533. The molecule has 0 aliphatic carbocycles. The van der Waals surface area contributed by atoms with E-state index >= 15 is 0 Å². The standard InChI is InChI=1S/C15H23N3O3/c1-17(2)8-10-7-11(19)9-18(10)15(20)12-5-4-6-13(16)14(12)21-3/h4-6,10-11,19H,7-9,16H2,1-3H3. The van der Waals surface area contributed by atoms with E-state index in [0.29, 0.717) is 36.5 Å². The van der Waals surface area contributed by atoms with Gasteiger partial charge in [0.25, 0.3) is 5.91 Å². The van der Waals surface area contributed by atoms with Crippen molar-refractivity contribution in [2.24, 2.45) is 0 Å². The minimum atomic E-state index is -0.481. The second kappa shape index (κ2) is 6.32. The van der Waals surface area contributed by atoms with Crippen molar-refractivity contribution in [2.75, 3.05) is 40.0 Å². The summed E-state index contributed by atoms with van der Waals surface area (Å²) in [6.07, 6.45) is 0.111. The number of β-amino-alcohol motifs (C(OH)–C–C–N with tert-alkyl or cyclic N) is 1. The lowest BCUT2D eigenvalue weighted by Gasteiger charge is -2.27. The monoisotopic (exact) mass is 293 g/mol. The molecule has 1 aromatic rings. The number of carbonyl (C=O) groups excluding carboxylic acids is 1. The maximum atomic E-state index is 12.8. The fourth-order valence-electron chi connectivity index (χ4n) is 2.84. The number of amides is 1. The van der Waals surface area contributed by atoms with Gasteiger partial charge in [0.05, 0.1) is 24.5 Å². The number of rotatable bonds is 4. The molecule has 1 saturated heterocycles. The second-order valence-electron chi connectivity index (χ2n) is 5.69. The number of ether oxygens (including phenoxy) is 1. The molecule has 1 fully saturated rings. The third-order valence-electron chi connectivity index (χ3n) is 3.71. The molecule has 0 spiro atoms. The molecule has 2 atom stereocenters. The van der Waals surface area contributed by atoms with Crippen molar-refractivity contribution in [2.45, 2.75) is 18.6 Å². The average molecular weight is 293 g/mol. The number of methoxy groups -OCH3 is 1. The Hall–Kier alpha value is -1.79. The van der Waals surface area contributed by atoms with Crippen LogP contribution in [0.4, 0.5) is 5.69 Å². The largest absolute Gasteiger partial charge is 0.494 e. The number of para-hydroxylation sites is 1. The Labute approximate surface area is 125 Å². The van der Waals surface area contributed by atoms with Crippen LogP contribution in [0.2, 0.25) is 0 Å². The van der Waals surface area contributed by atoms with E-state index in [0.717, 1.165) is 0 Å². The second-order valence-corrected chi connectivity index (χ2v) is 5.69. The van der Waals surface area contributed by atoms with Crippen LogP contribution in [0.3, 0.4) is 0 Å². The van der Waals surface area contributed by atoms with Gasteiger partial charge in [-0.15, -0.1) is 0 Å². The number of aliphatic hydroxyl groups excluding tert-OH is 1. The number of likely N-dealkylation sites (N-methyl/N-ethyl adjacent to an activating group) is 1. The molecule has 116 valence electrons. The van der Waals surface area contributed by atoms with E-state index in [4.69, 9.17) is 10.5 Å². The summed E-state index contributed by atoms with van der Waals surface area (Å²) in [7, 11) is 5.40. The first-order valence-corrected chi connectivity index (χ1v) is 7.00. The summed E-state index contributed by atoms with van der Waals surface area (Å²) in [5.74, 6) is 0.245. The first kappa shape index (κ1) is 15.6. The fourth-order valence-corrected chi connectivity index (χ4v) is 2.84. The first-order valence-electron chi connectivity index (χ1n) is 7.00. The molecule has 0 radical (unpaired) electrons. The maximum absolute atomic E-state index is 12.8. The Morgan fingerprint density at radius 3 is 2.86 bits per heavy atom.